The standard InChI is InChI=1S/C12H13NO2/c1-3-13-10-5-4-6-12(15)9(10)7-11(13)8(2)14/h4-7,15H,3H2,1-2H3. The van der Waals surface area contributed by atoms with Gasteiger partial charge in [0.1, 0.15) is 5.75 Å². The fraction of sp³-hybridized carbons (Fsp3) is 0.250. The summed E-state index contributed by atoms with van der Waals surface area (Å²) in [6.07, 6.45) is 0. The van der Waals surface area contributed by atoms with Crippen LogP contribution in [0.3, 0.4) is 0 Å². The lowest BCUT2D eigenvalue weighted by atomic mass is 10.2. The predicted octanol–water partition coefficient (Wildman–Crippen LogP) is 2.57. The molecule has 1 aromatic carbocycles. The van der Waals surface area contributed by atoms with Crippen LogP contribution in [-0.4, -0.2) is 15.5 Å². The molecule has 1 N–H and O–H groups in total. The number of hydrogen-bond acceptors (Lipinski definition) is 2. The van der Waals surface area contributed by atoms with Gasteiger partial charge in [-0.1, -0.05) is 6.07 Å². The van der Waals surface area contributed by atoms with Gasteiger partial charge in [0, 0.05) is 18.9 Å². The van der Waals surface area contributed by atoms with Gasteiger partial charge in [-0.15, -0.1) is 0 Å². The Morgan fingerprint density at radius 2 is 2.20 bits per heavy atom. The Bertz CT molecular complexity index is 526. The summed E-state index contributed by atoms with van der Waals surface area (Å²) in [4.78, 5) is 11.4. The smallest absolute Gasteiger partial charge is 0.176 e. The van der Waals surface area contributed by atoms with Gasteiger partial charge in [-0.3, -0.25) is 4.79 Å². The minimum absolute atomic E-state index is 0.0208. The van der Waals surface area contributed by atoms with E-state index in [1.165, 1.54) is 6.92 Å². The maximum absolute atomic E-state index is 11.4. The number of carbonyl (C=O) groups is 1. The lowest BCUT2D eigenvalue weighted by molar-refractivity contribution is 0.100. The first-order valence-corrected chi connectivity index (χ1v) is 4.97. The van der Waals surface area contributed by atoms with Crippen molar-refractivity contribution in [3.63, 3.8) is 0 Å². The van der Waals surface area contributed by atoms with Crippen molar-refractivity contribution >= 4 is 16.7 Å². The first-order valence-electron chi connectivity index (χ1n) is 4.97. The van der Waals surface area contributed by atoms with E-state index in [0.29, 0.717) is 5.69 Å². The molecule has 0 aliphatic heterocycles. The minimum Gasteiger partial charge on any atom is -0.507 e. The Morgan fingerprint density at radius 1 is 1.47 bits per heavy atom. The van der Waals surface area contributed by atoms with Gasteiger partial charge >= 0.3 is 0 Å². The van der Waals surface area contributed by atoms with Crippen LogP contribution in [0.1, 0.15) is 24.3 Å². The van der Waals surface area contributed by atoms with Crippen LogP contribution < -0.4 is 0 Å². The third-order valence-electron chi connectivity index (χ3n) is 2.60. The molecule has 0 amide bonds. The predicted molar refractivity (Wildman–Crippen MR) is 59.3 cm³/mol. The van der Waals surface area contributed by atoms with E-state index in [-0.39, 0.29) is 11.5 Å². The Hall–Kier alpha value is -1.77. The third kappa shape index (κ3) is 1.40. The van der Waals surface area contributed by atoms with E-state index in [2.05, 4.69) is 0 Å². The van der Waals surface area contributed by atoms with Crippen LogP contribution >= 0.6 is 0 Å². The molecule has 0 saturated heterocycles. The van der Waals surface area contributed by atoms with Crippen LogP contribution in [0.2, 0.25) is 0 Å². The van der Waals surface area contributed by atoms with Gasteiger partial charge in [-0.05, 0) is 25.1 Å². The summed E-state index contributed by atoms with van der Waals surface area (Å²) >= 11 is 0. The number of hydrogen-bond donors (Lipinski definition) is 1. The van der Waals surface area contributed by atoms with Gasteiger partial charge in [0.05, 0.1) is 11.2 Å². The van der Waals surface area contributed by atoms with Crippen LogP contribution in [0.25, 0.3) is 10.9 Å². The van der Waals surface area contributed by atoms with Gasteiger partial charge in [0.15, 0.2) is 5.78 Å². The summed E-state index contributed by atoms with van der Waals surface area (Å²) in [6.45, 7) is 4.25. The van der Waals surface area contributed by atoms with Crippen molar-refractivity contribution in [1.82, 2.24) is 4.57 Å². The number of benzene rings is 1. The van der Waals surface area contributed by atoms with Crippen molar-refractivity contribution in [2.75, 3.05) is 0 Å². The molecule has 0 spiro atoms. The molecule has 0 radical (unpaired) electrons. The van der Waals surface area contributed by atoms with E-state index in [0.717, 1.165) is 17.4 Å². The number of ketones is 1. The maximum Gasteiger partial charge on any atom is 0.176 e. The number of nitrogens with zero attached hydrogens (tertiary/aromatic N) is 1. The van der Waals surface area contributed by atoms with Crippen molar-refractivity contribution in [3.8, 4) is 5.75 Å². The van der Waals surface area contributed by atoms with E-state index < -0.39 is 0 Å². The molecule has 0 aliphatic rings. The van der Waals surface area contributed by atoms with Crippen molar-refractivity contribution in [2.45, 2.75) is 20.4 Å². The summed E-state index contributed by atoms with van der Waals surface area (Å²) in [7, 11) is 0. The van der Waals surface area contributed by atoms with Gasteiger partial charge < -0.3 is 9.67 Å². The van der Waals surface area contributed by atoms with Gasteiger partial charge in [0.25, 0.3) is 0 Å². The summed E-state index contributed by atoms with van der Waals surface area (Å²) < 4.78 is 1.91. The van der Waals surface area contributed by atoms with Crippen LogP contribution in [0.5, 0.6) is 5.75 Å². The van der Waals surface area contributed by atoms with E-state index in [1.54, 1.807) is 18.2 Å². The molecule has 2 aromatic rings. The zero-order valence-corrected chi connectivity index (χ0v) is 8.82. The van der Waals surface area contributed by atoms with E-state index in [9.17, 15) is 9.90 Å². The quantitative estimate of drug-likeness (QED) is 0.762. The first kappa shape index (κ1) is 9.77. The average molecular weight is 203 g/mol. The maximum atomic E-state index is 11.4. The number of carbonyl (C=O) groups excluding carboxylic acids is 1. The highest BCUT2D eigenvalue weighted by Gasteiger charge is 2.12. The molecule has 1 heterocycles. The summed E-state index contributed by atoms with van der Waals surface area (Å²) in [5.74, 6) is 0.245. The highest BCUT2D eigenvalue weighted by Crippen LogP contribution is 2.27. The second kappa shape index (κ2) is 3.42. The van der Waals surface area contributed by atoms with Gasteiger partial charge in [-0.25, -0.2) is 0 Å². The molecule has 78 valence electrons. The Labute approximate surface area is 87.9 Å². The average Bonchev–Trinajstić information content (AvgIpc) is 2.57. The summed E-state index contributed by atoms with van der Waals surface area (Å²) in [6, 6.07) is 7.07. The van der Waals surface area contributed by atoms with Gasteiger partial charge in [0.2, 0.25) is 0 Å². The first-order chi connectivity index (χ1) is 7.15. The number of phenols is 1. The molecule has 2 rings (SSSR count). The topological polar surface area (TPSA) is 42.2 Å². The Kier molecular flexibility index (Phi) is 2.23. The second-order valence-electron chi connectivity index (χ2n) is 3.54. The molecule has 15 heavy (non-hydrogen) atoms. The summed E-state index contributed by atoms with van der Waals surface area (Å²) in [5, 5.41) is 10.4. The van der Waals surface area contributed by atoms with E-state index in [4.69, 9.17) is 0 Å². The lowest BCUT2D eigenvalue weighted by Crippen LogP contribution is -2.04. The molecule has 3 nitrogen and oxygen atoms in total. The molecule has 0 fully saturated rings. The molecule has 1 aromatic heterocycles. The number of rotatable bonds is 2. The molecule has 0 aliphatic carbocycles. The van der Waals surface area contributed by atoms with Crippen molar-refractivity contribution in [2.24, 2.45) is 0 Å². The monoisotopic (exact) mass is 203 g/mol. The highest BCUT2D eigenvalue weighted by atomic mass is 16.3. The molecule has 3 heteroatoms. The number of aryl methyl sites for hydroxylation is 1. The molecule has 0 unspecified atom stereocenters. The molecule has 0 atom stereocenters. The number of fused-ring (bicyclic) bond motifs is 1. The zero-order valence-electron chi connectivity index (χ0n) is 8.82. The zero-order chi connectivity index (χ0) is 11.0. The molecule has 0 bridgehead atoms. The van der Waals surface area contributed by atoms with Crippen LogP contribution in [-0.2, 0) is 6.54 Å². The largest absolute Gasteiger partial charge is 0.507 e. The lowest BCUT2D eigenvalue weighted by Gasteiger charge is -2.04. The van der Waals surface area contributed by atoms with Crippen molar-refractivity contribution < 1.29 is 9.90 Å². The van der Waals surface area contributed by atoms with E-state index in [1.807, 2.05) is 17.6 Å². The number of Topliss-reactive ketones (excluding diaryl/α,β-unsaturated/α-hetero) is 1. The molecule has 0 saturated carbocycles. The second-order valence-corrected chi connectivity index (χ2v) is 3.54. The number of aromatic nitrogens is 1. The number of phenolic OH excluding ortho intramolecular Hbond substituents is 1. The fourth-order valence-electron chi connectivity index (χ4n) is 1.90. The fourth-order valence-corrected chi connectivity index (χ4v) is 1.90. The highest BCUT2D eigenvalue weighted by molar-refractivity contribution is 6.00. The van der Waals surface area contributed by atoms with Crippen molar-refractivity contribution in [3.05, 3.63) is 30.0 Å². The molecular formula is C12H13NO2. The third-order valence-corrected chi connectivity index (χ3v) is 2.60. The van der Waals surface area contributed by atoms with Gasteiger partial charge in [-0.2, -0.15) is 0 Å². The minimum atomic E-state index is 0.0208. The molecular weight excluding hydrogens is 190 g/mol. The van der Waals surface area contributed by atoms with Crippen LogP contribution in [0, 0.1) is 0 Å². The van der Waals surface area contributed by atoms with Crippen LogP contribution in [0.15, 0.2) is 24.3 Å². The number of aromatic hydroxyl groups is 1. The SMILES string of the molecule is CCn1c(C(C)=O)cc2c(O)cccc21. The Morgan fingerprint density at radius 3 is 2.80 bits per heavy atom. The van der Waals surface area contributed by atoms with Crippen molar-refractivity contribution in [1.29, 1.82) is 0 Å². The van der Waals surface area contributed by atoms with E-state index >= 15 is 0 Å². The normalized spacial score (nSPS) is 10.8. The Balaban J connectivity index is 2.84. The summed E-state index contributed by atoms with van der Waals surface area (Å²) in [5.41, 5.74) is 1.55. The van der Waals surface area contributed by atoms with Crippen LogP contribution in [0.4, 0.5) is 0 Å².